The van der Waals surface area contributed by atoms with Gasteiger partial charge in [-0.2, -0.15) is 0 Å². The van der Waals surface area contributed by atoms with Crippen LogP contribution in [0.3, 0.4) is 0 Å². The van der Waals surface area contributed by atoms with Crippen molar-refractivity contribution in [3.05, 3.63) is 0 Å². The van der Waals surface area contributed by atoms with Gasteiger partial charge < -0.3 is 20.4 Å². The normalized spacial score (nSPS) is 11.0. The second-order valence-corrected chi connectivity index (χ2v) is 3.05. The average molecular weight is 212 g/mol. The van der Waals surface area contributed by atoms with E-state index in [-0.39, 0.29) is 0 Å². The van der Waals surface area contributed by atoms with Crippen LogP contribution in [-0.2, 0) is 9.59 Å². The SMILES string of the molecule is CCSC(O)C(=O)O.O=C(O)CO. The summed E-state index contributed by atoms with van der Waals surface area (Å²) in [6.07, 6.45) is 0. The maximum Gasteiger partial charge on any atom is 0.343 e. The van der Waals surface area contributed by atoms with Gasteiger partial charge >= 0.3 is 11.9 Å². The molecule has 1 atom stereocenters. The van der Waals surface area contributed by atoms with E-state index in [1.165, 1.54) is 0 Å². The van der Waals surface area contributed by atoms with E-state index in [0.29, 0.717) is 5.75 Å². The van der Waals surface area contributed by atoms with Crippen molar-refractivity contribution in [2.75, 3.05) is 12.4 Å². The number of rotatable bonds is 4. The lowest BCUT2D eigenvalue weighted by atomic mass is 10.7. The highest BCUT2D eigenvalue weighted by molar-refractivity contribution is 8.00. The first-order valence-electron chi connectivity index (χ1n) is 3.30. The number of carboxylic acids is 2. The minimum atomic E-state index is -1.25. The van der Waals surface area contributed by atoms with Crippen molar-refractivity contribution in [3.8, 4) is 0 Å². The van der Waals surface area contributed by atoms with Crippen molar-refractivity contribution >= 4 is 23.7 Å². The molecule has 0 rings (SSSR count). The van der Waals surface area contributed by atoms with Crippen LogP contribution >= 0.6 is 11.8 Å². The van der Waals surface area contributed by atoms with E-state index < -0.39 is 24.0 Å². The molecule has 7 heteroatoms. The summed E-state index contributed by atoms with van der Waals surface area (Å²) in [5, 5.41) is 31.5. The molecule has 0 heterocycles. The zero-order valence-electron chi connectivity index (χ0n) is 7.01. The fraction of sp³-hybridized carbons (Fsp3) is 0.667. The Balaban J connectivity index is 0. The Bertz CT molecular complexity index is 159. The molecule has 0 saturated carbocycles. The summed E-state index contributed by atoms with van der Waals surface area (Å²) < 4.78 is 0. The minimum Gasteiger partial charge on any atom is -0.480 e. The summed E-state index contributed by atoms with van der Waals surface area (Å²) >= 11 is 0.995. The zero-order valence-corrected chi connectivity index (χ0v) is 7.82. The van der Waals surface area contributed by atoms with Crippen molar-refractivity contribution in [2.24, 2.45) is 0 Å². The van der Waals surface area contributed by atoms with Crippen molar-refractivity contribution in [1.29, 1.82) is 0 Å². The molecule has 0 amide bonds. The number of aliphatic hydroxyl groups excluding tert-OH is 2. The van der Waals surface area contributed by atoms with Gasteiger partial charge in [0.15, 0.2) is 5.44 Å². The molecule has 0 aliphatic carbocycles. The minimum absolute atomic E-state index is 0.619. The van der Waals surface area contributed by atoms with E-state index in [1.807, 2.05) is 0 Å². The van der Waals surface area contributed by atoms with Gasteiger partial charge in [-0.3, -0.25) is 0 Å². The quantitative estimate of drug-likeness (QED) is 0.451. The lowest BCUT2D eigenvalue weighted by Crippen LogP contribution is -2.14. The molecule has 1 unspecified atom stereocenters. The standard InChI is InChI=1S/C4H8O3S.C2H4O3/c1-2-8-4(7)3(5)6;3-1-2(4)5/h4,7H,2H2,1H3,(H,5,6);3H,1H2,(H,4,5). The van der Waals surface area contributed by atoms with Crippen LogP contribution in [0.4, 0.5) is 0 Å². The van der Waals surface area contributed by atoms with Gasteiger partial charge in [0.25, 0.3) is 0 Å². The predicted molar refractivity (Wildman–Crippen MR) is 46.5 cm³/mol. The van der Waals surface area contributed by atoms with Crippen LogP contribution in [0.25, 0.3) is 0 Å². The van der Waals surface area contributed by atoms with Crippen LogP contribution in [0.1, 0.15) is 6.92 Å². The number of hydrogen-bond acceptors (Lipinski definition) is 5. The van der Waals surface area contributed by atoms with E-state index in [1.54, 1.807) is 6.92 Å². The van der Waals surface area contributed by atoms with Crippen molar-refractivity contribution in [2.45, 2.75) is 12.4 Å². The maximum absolute atomic E-state index is 9.82. The molecule has 0 bridgehead atoms. The van der Waals surface area contributed by atoms with E-state index in [9.17, 15) is 4.79 Å². The fourth-order valence-electron chi connectivity index (χ4n) is 0.229. The monoisotopic (exact) mass is 212 g/mol. The number of carboxylic acid groups (broad SMARTS) is 2. The highest BCUT2D eigenvalue weighted by Gasteiger charge is 2.10. The van der Waals surface area contributed by atoms with Gasteiger partial charge in [-0.25, -0.2) is 9.59 Å². The van der Waals surface area contributed by atoms with Crippen LogP contribution < -0.4 is 0 Å². The number of thioether (sulfide) groups is 1. The predicted octanol–water partition coefficient (Wildman–Crippen LogP) is -0.794. The summed E-state index contributed by atoms with van der Waals surface area (Å²) in [5.74, 6) is -1.74. The lowest BCUT2D eigenvalue weighted by Gasteiger charge is -1.99. The Morgan fingerprint density at radius 1 is 1.38 bits per heavy atom. The fourth-order valence-corrected chi connectivity index (χ4v) is 0.687. The second-order valence-electron chi connectivity index (χ2n) is 1.70. The molecule has 6 nitrogen and oxygen atoms in total. The van der Waals surface area contributed by atoms with Crippen molar-refractivity contribution < 1.29 is 30.0 Å². The third-order valence-electron chi connectivity index (χ3n) is 0.671. The van der Waals surface area contributed by atoms with E-state index >= 15 is 0 Å². The molecular weight excluding hydrogens is 200 g/mol. The third kappa shape index (κ3) is 14.1. The molecule has 0 aliphatic rings. The zero-order chi connectivity index (χ0) is 10.9. The molecule has 4 N–H and O–H groups in total. The lowest BCUT2D eigenvalue weighted by molar-refractivity contribution is -0.142. The summed E-state index contributed by atoms with van der Waals surface area (Å²) in [6.45, 7) is 1.01. The molecule has 13 heavy (non-hydrogen) atoms. The third-order valence-corrected chi connectivity index (χ3v) is 1.52. The number of hydrogen-bond donors (Lipinski definition) is 4. The molecule has 0 saturated heterocycles. The van der Waals surface area contributed by atoms with Gasteiger partial charge in [-0.1, -0.05) is 6.92 Å². The Labute approximate surface area is 79.2 Å². The van der Waals surface area contributed by atoms with Gasteiger partial charge in [0.1, 0.15) is 6.61 Å². The maximum atomic E-state index is 9.82. The van der Waals surface area contributed by atoms with E-state index in [2.05, 4.69) is 0 Å². The Hall–Kier alpha value is -0.790. The van der Waals surface area contributed by atoms with E-state index in [0.717, 1.165) is 11.8 Å². The van der Waals surface area contributed by atoms with Crippen LogP contribution in [0.2, 0.25) is 0 Å². The number of aliphatic hydroxyl groups is 2. The first-order valence-corrected chi connectivity index (χ1v) is 4.35. The van der Waals surface area contributed by atoms with Gasteiger partial charge in [-0.15, -0.1) is 11.8 Å². The molecule has 0 spiro atoms. The number of carbonyl (C=O) groups is 2. The molecule has 0 fully saturated rings. The summed E-state index contributed by atoms with van der Waals surface area (Å²) in [4.78, 5) is 18.9. The summed E-state index contributed by atoms with van der Waals surface area (Å²) in [5.41, 5.74) is -1.25. The van der Waals surface area contributed by atoms with Crippen LogP contribution in [-0.4, -0.2) is 50.2 Å². The molecule has 0 aromatic rings. The Morgan fingerprint density at radius 3 is 1.85 bits per heavy atom. The molecule has 0 radical (unpaired) electrons. The summed E-state index contributed by atoms with van der Waals surface area (Å²) in [6, 6.07) is 0. The average Bonchev–Trinajstić information content (AvgIpc) is 2.06. The largest absolute Gasteiger partial charge is 0.480 e. The van der Waals surface area contributed by atoms with Crippen molar-refractivity contribution in [3.63, 3.8) is 0 Å². The molecular formula is C6H12O6S. The van der Waals surface area contributed by atoms with Crippen LogP contribution in [0.15, 0.2) is 0 Å². The van der Waals surface area contributed by atoms with Gasteiger partial charge in [0.05, 0.1) is 0 Å². The Morgan fingerprint density at radius 2 is 1.77 bits per heavy atom. The molecule has 0 aliphatic heterocycles. The first kappa shape index (κ1) is 14.7. The molecule has 0 aromatic carbocycles. The van der Waals surface area contributed by atoms with Gasteiger partial charge in [0.2, 0.25) is 0 Å². The summed E-state index contributed by atoms with van der Waals surface area (Å²) in [7, 11) is 0. The molecule has 0 aromatic heterocycles. The smallest absolute Gasteiger partial charge is 0.343 e. The van der Waals surface area contributed by atoms with Crippen molar-refractivity contribution in [1.82, 2.24) is 0 Å². The van der Waals surface area contributed by atoms with Crippen LogP contribution in [0.5, 0.6) is 0 Å². The highest BCUT2D eigenvalue weighted by Crippen LogP contribution is 2.05. The number of aliphatic carboxylic acids is 2. The van der Waals surface area contributed by atoms with Gasteiger partial charge in [0, 0.05) is 0 Å². The Kier molecular flexibility index (Phi) is 10.5. The van der Waals surface area contributed by atoms with Crippen LogP contribution in [0, 0.1) is 0 Å². The molecule has 78 valence electrons. The second kappa shape index (κ2) is 9.30. The first-order chi connectivity index (χ1) is 5.95. The van der Waals surface area contributed by atoms with E-state index in [4.69, 9.17) is 25.2 Å². The highest BCUT2D eigenvalue weighted by atomic mass is 32.2. The topological polar surface area (TPSA) is 115 Å². The van der Waals surface area contributed by atoms with Gasteiger partial charge in [-0.05, 0) is 5.75 Å².